The third-order valence-corrected chi connectivity index (χ3v) is 6.41. The van der Waals surface area contributed by atoms with E-state index in [2.05, 4.69) is 15.2 Å². The zero-order valence-corrected chi connectivity index (χ0v) is 21.3. The first-order chi connectivity index (χ1) is 18.2. The van der Waals surface area contributed by atoms with Crippen molar-refractivity contribution in [1.29, 1.82) is 0 Å². The summed E-state index contributed by atoms with van der Waals surface area (Å²) < 4.78 is 49.6. The summed E-state index contributed by atoms with van der Waals surface area (Å²) in [6.45, 7) is 3.83. The van der Waals surface area contributed by atoms with Crippen molar-refractivity contribution in [2.45, 2.75) is 19.2 Å². The Morgan fingerprint density at radius 1 is 1.18 bits per heavy atom. The molecule has 0 aliphatic carbocycles. The van der Waals surface area contributed by atoms with E-state index in [1.165, 1.54) is 6.20 Å². The lowest BCUT2D eigenvalue weighted by molar-refractivity contribution is -0.233. The average molecular weight is 533 g/mol. The Balaban J connectivity index is 1.65. The number of nitrogens with zero attached hydrogens (tertiary/aromatic N) is 4. The molecule has 1 aromatic heterocycles. The molecular formula is C26H31F3N6O3. The number of halogens is 3. The summed E-state index contributed by atoms with van der Waals surface area (Å²) in [5.41, 5.74) is 10.2. The predicted octanol–water partition coefficient (Wildman–Crippen LogP) is 3.69. The highest BCUT2D eigenvalue weighted by atomic mass is 19.4. The van der Waals surface area contributed by atoms with E-state index in [9.17, 15) is 18.0 Å². The molecule has 204 valence electrons. The first kappa shape index (κ1) is 27.4. The number of benzene rings is 1. The predicted molar refractivity (Wildman–Crippen MR) is 140 cm³/mol. The molecule has 2 fully saturated rings. The van der Waals surface area contributed by atoms with Crippen LogP contribution in [-0.4, -0.2) is 87.5 Å². The summed E-state index contributed by atoms with van der Waals surface area (Å²) in [7, 11) is 1.65. The van der Waals surface area contributed by atoms with Gasteiger partial charge in [0.15, 0.2) is 6.10 Å². The molecule has 3 heterocycles. The molecular weight excluding hydrogens is 501 g/mol. The Morgan fingerprint density at radius 2 is 1.95 bits per heavy atom. The van der Waals surface area contributed by atoms with E-state index in [1.807, 2.05) is 25.1 Å². The maximum absolute atomic E-state index is 13.1. The van der Waals surface area contributed by atoms with Gasteiger partial charge in [-0.1, -0.05) is 6.07 Å². The van der Waals surface area contributed by atoms with Crippen molar-refractivity contribution >= 4 is 29.3 Å². The zero-order valence-electron chi connectivity index (χ0n) is 21.3. The second-order valence-electron chi connectivity index (χ2n) is 9.01. The van der Waals surface area contributed by atoms with E-state index in [1.54, 1.807) is 25.4 Å². The normalized spacial score (nSPS) is 19.2. The molecule has 4 rings (SSSR count). The maximum atomic E-state index is 13.1. The molecule has 0 saturated carbocycles. The van der Waals surface area contributed by atoms with Crippen LogP contribution in [0.25, 0.3) is 16.7 Å². The van der Waals surface area contributed by atoms with Crippen molar-refractivity contribution in [2.24, 2.45) is 10.7 Å². The number of nitrogens with two attached hydrogens (primary N) is 1. The van der Waals surface area contributed by atoms with Gasteiger partial charge in [-0.25, -0.2) is 9.78 Å². The minimum atomic E-state index is -4.54. The molecule has 38 heavy (non-hydrogen) atoms. The number of carbonyl (C=O) groups is 1. The van der Waals surface area contributed by atoms with Crippen molar-refractivity contribution in [2.75, 3.05) is 63.3 Å². The fraction of sp³-hybridized carbons (Fsp3) is 0.423. The number of hydrogen-bond acceptors (Lipinski definition) is 7. The molecule has 0 bridgehead atoms. The zero-order chi connectivity index (χ0) is 27.3. The van der Waals surface area contributed by atoms with Gasteiger partial charge in [0, 0.05) is 50.4 Å². The summed E-state index contributed by atoms with van der Waals surface area (Å²) in [6.07, 6.45) is -3.45. The third-order valence-electron chi connectivity index (χ3n) is 6.41. The number of nitrogens with one attached hydrogen (secondary N) is 1. The Morgan fingerprint density at radius 3 is 2.63 bits per heavy atom. The van der Waals surface area contributed by atoms with Crippen LogP contribution in [0.5, 0.6) is 0 Å². The smallest absolute Gasteiger partial charge is 0.404 e. The number of morpholine rings is 2. The Hall–Kier alpha value is -3.64. The molecule has 2 saturated heterocycles. The van der Waals surface area contributed by atoms with E-state index in [4.69, 9.17) is 20.2 Å². The molecule has 0 unspecified atom stereocenters. The number of urea groups is 1. The van der Waals surface area contributed by atoms with Crippen molar-refractivity contribution in [3.8, 4) is 11.1 Å². The number of carbonyl (C=O) groups excluding carboxylic acids is 1. The standard InChI is InChI=1S/C26H31F3N6O3/c1-17-3-4-20(32-25(36)35-7-10-38-23(16-35)26(27,28)29)13-21(17)18-11-22(19(14-30)15-31-2)33-24(12-18)34-5-8-37-9-6-34/h3-4,11-15,23H,5-10,16,30H2,1-2H3,(H,32,36)/t23-/m1/s1. The molecule has 1 aromatic carbocycles. The molecule has 3 N–H and O–H groups in total. The van der Waals surface area contributed by atoms with Crippen molar-refractivity contribution in [3.05, 3.63) is 47.8 Å². The summed E-state index contributed by atoms with van der Waals surface area (Å²) >= 11 is 0. The number of anilines is 2. The van der Waals surface area contributed by atoms with Gasteiger partial charge in [-0.05, 0) is 47.9 Å². The highest BCUT2D eigenvalue weighted by Gasteiger charge is 2.44. The average Bonchev–Trinajstić information content (AvgIpc) is 2.92. The highest BCUT2D eigenvalue weighted by molar-refractivity contribution is 6.09. The fourth-order valence-corrected chi connectivity index (χ4v) is 4.35. The number of hydrogen-bond donors (Lipinski definition) is 2. The molecule has 2 aliphatic heterocycles. The number of ether oxygens (including phenoxy) is 2. The molecule has 1 atom stereocenters. The topological polar surface area (TPSA) is 105 Å². The van der Waals surface area contributed by atoms with Gasteiger partial charge in [0.05, 0.1) is 32.1 Å². The first-order valence-electron chi connectivity index (χ1n) is 12.2. The SMILES string of the molecule is CN=CC(=CN)c1cc(-c2cc(NC(=O)N3CCO[C@@H](C(F)(F)F)C3)ccc2C)cc(N2CCOCC2)n1. The Labute approximate surface area is 219 Å². The number of pyridine rings is 1. The summed E-state index contributed by atoms with van der Waals surface area (Å²) in [4.78, 5) is 25.0. The molecule has 12 heteroatoms. The summed E-state index contributed by atoms with van der Waals surface area (Å²) in [5, 5.41) is 2.74. The maximum Gasteiger partial charge on any atom is 0.416 e. The summed E-state index contributed by atoms with van der Waals surface area (Å²) in [5.74, 6) is 0.755. The number of amides is 2. The van der Waals surface area contributed by atoms with Crippen LogP contribution in [0.1, 0.15) is 11.3 Å². The number of rotatable bonds is 5. The lowest BCUT2D eigenvalue weighted by Crippen LogP contribution is -2.52. The van der Waals surface area contributed by atoms with Crippen molar-refractivity contribution in [1.82, 2.24) is 9.88 Å². The van der Waals surface area contributed by atoms with E-state index >= 15 is 0 Å². The quantitative estimate of drug-likeness (QED) is 0.570. The van der Waals surface area contributed by atoms with Gasteiger partial charge in [-0.3, -0.25) is 4.99 Å². The van der Waals surface area contributed by atoms with Crippen LogP contribution in [0, 0.1) is 6.92 Å². The van der Waals surface area contributed by atoms with Crippen molar-refractivity contribution < 1.29 is 27.4 Å². The van der Waals surface area contributed by atoms with Crippen LogP contribution in [0.2, 0.25) is 0 Å². The number of allylic oxidation sites excluding steroid dienone is 1. The minimum Gasteiger partial charge on any atom is -0.404 e. The molecule has 9 nitrogen and oxygen atoms in total. The third kappa shape index (κ3) is 6.43. The Bertz CT molecular complexity index is 1210. The number of alkyl halides is 3. The largest absolute Gasteiger partial charge is 0.416 e. The van der Waals surface area contributed by atoms with Gasteiger partial charge in [0.2, 0.25) is 0 Å². The second kappa shape index (κ2) is 11.8. The molecule has 2 aliphatic rings. The van der Waals surface area contributed by atoms with Crippen molar-refractivity contribution in [3.63, 3.8) is 0 Å². The van der Waals surface area contributed by atoms with E-state index in [0.29, 0.717) is 43.3 Å². The monoisotopic (exact) mass is 532 g/mol. The van der Waals surface area contributed by atoms with Crippen LogP contribution >= 0.6 is 0 Å². The van der Waals surface area contributed by atoms with Gasteiger partial charge >= 0.3 is 12.2 Å². The van der Waals surface area contributed by atoms with Gasteiger partial charge < -0.3 is 30.3 Å². The van der Waals surface area contributed by atoms with Gasteiger partial charge in [-0.15, -0.1) is 0 Å². The fourth-order valence-electron chi connectivity index (χ4n) is 4.35. The first-order valence-corrected chi connectivity index (χ1v) is 12.2. The minimum absolute atomic E-state index is 0.0704. The molecule has 0 radical (unpaired) electrons. The lowest BCUT2D eigenvalue weighted by atomic mass is 9.98. The number of aliphatic imine (C=N–C) groups is 1. The van der Waals surface area contributed by atoms with Crippen LogP contribution in [-0.2, 0) is 9.47 Å². The van der Waals surface area contributed by atoms with E-state index in [0.717, 1.165) is 27.4 Å². The highest BCUT2D eigenvalue weighted by Crippen LogP contribution is 2.32. The number of aromatic nitrogens is 1. The van der Waals surface area contributed by atoms with Gasteiger partial charge in [0.1, 0.15) is 5.82 Å². The lowest BCUT2D eigenvalue weighted by Gasteiger charge is -2.33. The second-order valence-corrected chi connectivity index (χ2v) is 9.01. The van der Waals surface area contributed by atoms with Crippen LogP contribution in [0.15, 0.2) is 41.5 Å². The number of aryl methyl sites for hydroxylation is 1. The van der Waals surface area contributed by atoms with E-state index < -0.39 is 24.9 Å². The van der Waals surface area contributed by atoms with Crippen LogP contribution < -0.4 is 16.0 Å². The van der Waals surface area contributed by atoms with Gasteiger partial charge in [0.25, 0.3) is 0 Å². The van der Waals surface area contributed by atoms with Crippen LogP contribution in [0.4, 0.5) is 29.5 Å². The van der Waals surface area contributed by atoms with Gasteiger partial charge in [-0.2, -0.15) is 13.2 Å². The molecule has 2 amide bonds. The molecule has 2 aromatic rings. The summed E-state index contributed by atoms with van der Waals surface area (Å²) in [6, 6.07) is 8.62. The Kier molecular flexibility index (Phi) is 8.52. The van der Waals surface area contributed by atoms with Crippen LogP contribution in [0.3, 0.4) is 0 Å². The molecule has 0 spiro atoms. The van der Waals surface area contributed by atoms with E-state index in [-0.39, 0.29) is 13.2 Å².